The minimum atomic E-state index is 1.19. The van der Waals surface area contributed by atoms with Crippen LogP contribution in [0.25, 0.3) is 181 Å². The molecule has 20 rings (SSSR count). The normalized spacial score (nSPS) is 11.8. The lowest BCUT2D eigenvalue weighted by molar-refractivity contribution is 1.19. The van der Waals surface area contributed by atoms with Crippen LogP contribution in [0.5, 0.6) is 0 Å². The summed E-state index contributed by atoms with van der Waals surface area (Å²) in [6, 6.07) is 120. The van der Waals surface area contributed by atoms with E-state index in [0.717, 1.165) is 0 Å². The third-order valence-electron chi connectivity index (χ3n) is 18.8. The van der Waals surface area contributed by atoms with Crippen LogP contribution in [0, 0.1) is 0 Å². The summed E-state index contributed by atoms with van der Waals surface area (Å²) in [5, 5.41) is 10.5. The van der Waals surface area contributed by atoms with Crippen LogP contribution in [-0.2, 0) is 0 Å². The molecule has 0 saturated heterocycles. The van der Waals surface area contributed by atoms with Crippen LogP contribution in [0.2, 0.25) is 0 Å². The summed E-state index contributed by atoms with van der Waals surface area (Å²) in [6.45, 7) is 0. The van der Waals surface area contributed by atoms with Gasteiger partial charge in [0.25, 0.3) is 0 Å². The van der Waals surface area contributed by atoms with Crippen LogP contribution in [0.1, 0.15) is 0 Å². The molecule has 0 aliphatic carbocycles. The van der Waals surface area contributed by atoms with Crippen molar-refractivity contribution in [3.05, 3.63) is 328 Å². The van der Waals surface area contributed by atoms with Crippen LogP contribution in [0.15, 0.2) is 328 Å². The lowest BCUT2D eigenvalue weighted by Gasteiger charge is -2.12. The van der Waals surface area contributed by atoms with E-state index < -0.39 is 0 Å². The average molecular weight is 1270 g/mol. The second-order valence-electron chi connectivity index (χ2n) is 24.1. The summed E-state index contributed by atoms with van der Waals surface area (Å²) < 4.78 is 15.5. The Morgan fingerprint density at radius 2 is 0.553 bits per heavy atom. The molecule has 94 heavy (non-hydrogen) atoms. The third kappa shape index (κ3) is 8.86. The number of rotatable bonds is 8. The number of aromatic nitrogens is 2. The second kappa shape index (κ2) is 22.4. The molecule has 6 aromatic heterocycles. The summed E-state index contributed by atoms with van der Waals surface area (Å²) in [5.41, 5.74) is 22.6. The van der Waals surface area contributed by atoms with E-state index in [0.29, 0.717) is 0 Å². The van der Waals surface area contributed by atoms with Gasteiger partial charge in [-0.2, -0.15) is 0 Å². The Bertz CT molecular complexity index is 6340. The Hall–Kier alpha value is -11.0. The summed E-state index contributed by atoms with van der Waals surface area (Å²) in [6.07, 6.45) is 0. The van der Waals surface area contributed by atoms with Gasteiger partial charge in [-0.05, 0) is 146 Å². The molecule has 0 atom stereocenters. The van der Waals surface area contributed by atoms with Crippen molar-refractivity contribution >= 4 is 148 Å². The zero-order valence-electron chi connectivity index (χ0n) is 50.7. The van der Waals surface area contributed by atoms with Gasteiger partial charge in [0.05, 0.1) is 31.5 Å². The molecule has 0 amide bonds. The SMILES string of the molecule is c1ccc(-c2ccc3sc4c(-c5cccc(-c6cccc7sc8c9ccccc9n(-c9ccccc9)c8c67)c5)cccc4c3c2)cc1.c1ccc(-c2cccc3c2sc2cccc(-c4cccc(-c5cccc6sc7c8ccccc8n(-c8ccccc8)c7c56)c4)c23)cc1. The highest BCUT2D eigenvalue weighted by molar-refractivity contribution is 7.28. The number of benzene rings is 14. The Morgan fingerprint density at radius 3 is 1.10 bits per heavy atom. The molecule has 14 aromatic carbocycles. The van der Waals surface area contributed by atoms with Gasteiger partial charge in [-0.25, -0.2) is 0 Å². The molecule has 0 fully saturated rings. The Balaban J connectivity index is 0.000000133. The monoisotopic (exact) mass is 1270 g/mol. The zero-order chi connectivity index (χ0) is 61.8. The molecule has 20 aromatic rings. The van der Waals surface area contributed by atoms with Crippen LogP contribution >= 0.6 is 45.3 Å². The van der Waals surface area contributed by atoms with E-state index in [-0.39, 0.29) is 0 Å². The summed E-state index contributed by atoms with van der Waals surface area (Å²) in [4.78, 5) is 0. The first-order valence-corrected chi connectivity index (χ1v) is 35.1. The van der Waals surface area contributed by atoms with Crippen molar-refractivity contribution in [2.24, 2.45) is 0 Å². The quantitative estimate of drug-likeness (QED) is 0.143. The predicted molar refractivity (Wildman–Crippen MR) is 411 cm³/mol. The van der Waals surface area contributed by atoms with Gasteiger partial charge in [-0.1, -0.05) is 249 Å². The van der Waals surface area contributed by atoms with Crippen molar-refractivity contribution in [1.29, 1.82) is 0 Å². The topological polar surface area (TPSA) is 9.86 Å². The van der Waals surface area contributed by atoms with E-state index in [9.17, 15) is 0 Å². The van der Waals surface area contributed by atoms with E-state index in [4.69, 9.17) is 0 Å². The van der Waals surface area contributed by atoms with Gasteiger partial charge in [-0.3, -0.25) is 0 Å². The van der Waals surface area contributed by atoms with Gasteiger partial charge >= 0.3 is 0 Å². The Kier molecular flexibility index (Phi) is 13.1. The minimum absolute atomic E-state index is 1.19. The van der Waals surface area contributed by atoms with E-state index in [1.165, 1.54) is 181 Å². The number of para-hydroxylation sites is 4. The van der Waals surface area contributed by atoms with Gasteiger partial charge in [0, 0.05) is 82.7 Å². The molecule has 0 aliphatic heterocycles. The van der Waals surface area contributed by atoms with Gasteiger partial charge in [-0.15, -0.1) is 45.3 Å². The van der Waals surface area contributed by atoms with E-state index in [1.54, 1.807) is 0 Å². The van der Waals surface area contributed by atoms with Crippen LogP contribution in [0.3, 0.4) is 0 Å². The fourth-order valence-corrected chi connectivity index (χ4v) is 19.6. The molecular formula is C88H54N2S4. The highest BCUT2D eigenvalue weighted by Gasteiger charge is 2.24. The highest BCUT2D eigenvalue weighted by Crippen LogP contribution is 2.50. The molecule has 6 heterocycles. The summed E-state index contributed by atoms with van der Waals surface area (Å²) in [5.74, 6) is 0. The number of thiophene rings is 4. The molecule has 0 bridgehead atoms. The molecular weight excluding hydrogens is 1210 g/mol. The van der Waals surface area contributed by atoms with Crippen molar-refractivity contribution in [3.8, 4) is 78.1 Å². The number of hydrogen-bond acceptors (Lipinski definition) is 4. The fourth-order valence-electron chi connectivity index (χ4n) is 14.7. The molecule has 440 valence electrons. The smallest absolute Gasteiger partial charge is 0.0734 e. The fraction of sp³-hybridized carbons (Fsp3) is 0. The zero-order valence-corrected chi connectivity index (χ0v) is 54.0. The first kappa shape index (κ1) is 54.7. The molecule has 2 nitrogen and oxygen atoms in total. The maximum atomic E-state index is 2.46. The average Bonchev–Trinajstić information content (AvgIpc) is 1.57. The first-order valence-electron chi connectivity index (χ1n) is 31.9. The van der Waals surface area contributed by atoms with E-state index >= 15 is 0 Å². The summed E-state index contributed by atoms with van der Waals surface area (Å²) in [7, 11) is 0. The van der Waals surface area contributed by atoms with Gasteiger partial charge in [0.2, 0.25) is 0 Å². The molecule has 6 heteroatoms. The van der Waals surface area contributed by atoms with Crippen LogP contribution in [-0.4, -0.2) is 9.13 Å². The van der Waals surface area contributed by atoms with Gasteiger partial charge in [0.15, 0.2) is 0 Å². The Labute approximate surface area is 558 Å². The number of nitrogens with zero attached hydrogens (tertiary/aromatic N) is 2. The van der Waals surface area contributed by atoms with Crippen molar-refractivity contribution in [2.75, 3.05) is 0 Å². The van der Waals surface area contributed by atoms with E-state index in [2.05, 4.69) is 337 Å². The van der Waals surface area contributed by atoms with Gasteiger partial charge < -0.3 is 9.13 Å². The molecule has 0 N–H and O–H groups in total. The number of hydrogen-bond donors (Lipinski definition) is 0. The van der Waals surface area contributed by atoms with Gasteiger partial charge in [0.1, 0.15) is 0 Å². The Morgan fingerprint density at radius 1 is 0.191 bits per heavy atom. The lowest BCUT2D eigenvalue weighted by Crippen LogP contribution is -1.93. The molecule has 0 saturated carbocycles. The standard InChI is InChI=1S/2C44H27NS2/c1-3-13-28(14-4-1)34-22-10-23-36-40-32(20-11-25-38(40)46-43(34)36)29-15-9-16-30(27-29)33-21-12-26-39-41(33)42-44(47-39)35-19-7-8-24-37(35)45(42)31-17-5-2-6-18-31;1-3-12-28(13-4-1)29-24-25-39-37(27-29)35-21-10-20-34(43(35)46-39)31-15-9-14-30(26-31)33-19-11-23-40-41(33)42-44(47-40)36-18-7-8-22-38(36)45(42)32-16-5-2-6-17-32/h2*1-27H. The van der Waals surface area contributed by atoms with Crippen LogP contribution in [0.4, 0.5) is 0 Å². The van der Waals surface area contributed by atoms with Crippen molar-refractivity contribution in [2.45, 2.75) is 0 Å². The summed E-state index contributed by atoms with van der Waals surface area (Å²) >= 11 is 7.59. The van der Waals surface area contributed by atoms with Crippen molar-refractivity contribution in [3.63, 3.8) is 0 Å². The molecule has 0 aliphatic rings. The minimum Gasteiger partial charge on any atom is -0.308 e. The predicted octanol–water partition coefficient (Wildman–Crippen LogP) is 26.7. The highest BCUT2D eigenvalue weighted by atomic mass is 32.1. The maximum absolute atomic E-state index is 2.46. The second-order valence-corrected chi connectivity index (χ2v) is 28.4. The first-order chi connectivity index (χ1) is 46.6. The molecule has 0 unspecified atom stereocenters. The van der Waals surface area contributed by atoms with Crippen LogP contribution < -0.4 is 0 Å². The van der Waals surface area contributed by atoms with Crippen molar-refractivity contribution in [1.82, 2.24) is 9.13 Å². The lowest BCUT2D eigenvalue weighted by atomic mass is 9.94. The largest absolute Gasteiger partial charge is 0.308 e. The molecule has 0 radical (unpaired) electrons. The number of fused-ring (bicyclic) bond motifs is 16. The van der Waals surface area contributed by atoms with Crippen molar-refractivity contribution < 1.29 is 0 Å². The maximum Gasteiger partial charge on any atom is 0.0734 e. The third-order valence-corrected chi connectivity index (χ3v) is 23.6. The van der Waals surface area contributed by atoms with E-state index in [1.807, 2.05) is 45.3 Å². The molecule has 0 spiro atoms.